The molecule has 19 heavy (non-hydrogen) atoms. The molecule has 2 atom stereocenters. The summed E-state index contributed by atoms with van der Waals surface area (Å²) in [7, 11) is 0. The second-order valence-corrected chi connectivity index (χ2v) is 5.38. The average Bonchev–Trinajstić information content (AvgIpc) is 2.82. The predicted octanol–water partition coefficient (Wildman–Crippen LogP) is 2.96. The molecule has 1 aliphatic rings. The Hall–Kier alpha value is -1.00. The lowest BCUT2D eigenvalue weighted by atomic mass is 10.1. The number of likely N-dealkylation sites (tertiary alicyclic amines) is 1. The topological polar surface area (TPSA) is 15.3 Å². The standard InChI is InChI=1S/C15H22F2N2/c1-3-19-5-4-12(10-19)9-18-11(2)13-6-14(16)8-15(17)7-13/h6-8,11-12,18H,3-5,9-10H2,1-2H3. The van der Waals surface area contributed by atoms with E-state index in [4.69, 9.17) is 0 Å². The van der Waals surface area contributed by atoms with Gasteiger partial charge in [0, 0.05) is 18.7 Å². The maximum atomic E-state index is 13.2. The Morgan fingerprint density at radius 1 is 1.32 bits per heavy atom. The number of nitrogens with zero attached hydrogens (tertiary/aromatic N) is 1. The minimum Gasteiger partial charge on any atom is -0.310 e. The molecule has 1 aliphatic heterocycles. The van der Waals surface area contributed by atoms with Crippen LogP contribution in [0, 0.1) is 17.6 Å². The molecular weight excluding hydrogens is 246 g/mol. The lowest BCUT2D eigenvalue weighted by Crippen LogP contribution is -2.28. The third-order valence-corrected chi connectivity index (χ3v) is 3.91. The molecule has 1 heterocycles. The van der Waals surface area contributed by atoms with Gasteiger partial charge >= 0.3 is 0 Å². The van der Waals surface area contributed by atoms with Crippen molar-refractivity contribution in [1.82, 2.24) is 10.2 Å². The summed E-state index contributed by atoms with van der Waals surface area (Å²) in [6, 6.07) is 3.68. The molecule has 106 valence electrons. The van der Waals surface area contributed by atoms with Gasteiger partial charge in [-0.2, -0.15) is 0 Å². The van der Waals surface area contributed by atoms with Crippen molar-refractivity contribution < 1.29 is 8.78 Å². The Kier molecular flexibility index (Phi) is 4.88. The number of hydrogen-bond donors (Lipinski definition) is 1. The van der Waals surface area contributed by atoms with Crippen LogP contribution in [0.2, 0.25) is 0 Å². The van der Waals surface area contributed by atoms with Crippen LogP contribution in [-0.2, 0) is 0 Å². The minimum absolute atomic E-state index is 0.0270. The van der Waals surface area contributed by atoms with E-state index >= 15 is 0 Å². The van der Waals surface area contributed by atoms with Gasteiger partial charge < -0.3 is 10.2 Å². The number of hydrogen-bond acceptors (Lipinski definition) is 2. The highest BCUT2D eigenvalue weighted by molar-refractivity contribution is 5.20. The zero-order valence-corrected chi connectivity index (χ0v) is 11.6. The molecular formula is C15H22F2N2. The Balaban J connectivity index is 1.85. The summed E-state index contributed by atoms with van der Waals surface area (Å²) in [5, 5.41) is 3.38. The van der Waals surface area contributed by atoms with Crippen molar-refractivity contribution in [2.75, 3.05) is 26.2 Å². The lowest BCUT2D eigenvalue weighted by Gasteiger charge is -2.18. The SMILES string of the molecule is CCN1CCC(CNC(C)c2cc(F)cc(F)c2)C1. The second kappa shape index (κ2) is 6.44. The van der Waals surface area contributed by atoms with E-state index in [0.717, 1.165) is 32.2 Å². The molecule has 2 unspecified atom stereocenters. The van der Waals surface area contributed by atoms with Crippen molar-refractivity contribution in [2.24, 2.45) is 5.92 Å². The highest BCUT2D eigenvalue weighted by atomic mass is 19.1. The van der Waals surface area contributed by atoms with E-state index in [1.807, 2.05) is 6.92 Å². The lowest BCUT2D eigenvalue weighted by molar-refractivity contribution is 0.336. The van der Waals surface area contributed by atoms with Crippen LogP contribution in [0.3, 0.4) is 0 Å². The van der Waals surface area contributed by atoms with Crippen LogP contribution in [0.25, 0.3) is 0 Å². The van der Waals surface area contributed by atoms with Crippen LogP contribution >= 0.6 is 0 Å². The van der Waals surface area contributed by atoms with Crippen LogP contribution in [0.5, 0.6) is 0 Å². The normalized spacial score (nSPS) is 21.8. The first-order chi connectivity index (χ1) is 9.08. The minimum atomic E-state index is -0.512. The highest BCUT2D eigenvalue weighted by Crippen LogP contribution is 2.19. The summed E-state index contributed by atoms with van der Waals surface area (Å²) in [5.41, 5.74) is 0.669. The van der Waals surface area contributed by atoms with E-state index in [2.05, 4.69) is 17.1 Å². The van der Waals surface area contributed by atoms with Gasteiger partial charge in [0.15, 0.2) is 0 Å². The molecule has 0 amide bonds. The summed E-state index contributed by atoms with van der Waals surface area (Å²) in [6.07, 6.45) is 1.20. The fraction of sp³-hybridized carbons (Fsp3) is 0.600. The van der Waals surface area contributed by atoms with Gasteiger partial charge in [-0.3, -0.25) is 0 Å². The van der Waals surface area contributed by atoms with Gasteiger partial charge in [0.2, 0.25) is 0 Å². The molecule has 0 radical (unpaired) electrons. The Bertz CT molecular complexity index is 402. The Labute approximate surface area is 113 Å². The molecule has 0 saturated carbocycles. The van der Waals surface area contributed by atoms with Crippen molar-refractivity contribution in [3.8, 4) is 0 Å². The fourth-order valence-electron chi connectivity index (χ4n) is 2.65. The molecule has 2 rings (SSSR count). The largest absolute Gasteiger partial charge is 0.310 e. The molecule has 0 aliphatic carbocycles. The molecule has 0 aromatic heterocycles. The molecule has 4 heteroatoms. The van der Waals surface area contributed by atoms with E-state index in [1.54, 1.807) is 0 Å². The van der Waals surface area contributed by atoms with Crippen molar-refractivity contribution in [2.45, 2.75) is 26.3 Å². The quantitative estimate of drug-likeness (QED) is 0.883. The van der Waals surface area contributed by atoms with Gasteiger partial charge in [-0.1, -0.05) is 6.92 Å². The van der Waals surface area contributed by atoms with Crippen molar-refractivity contribution in [3.63, 3.8) is 0 Å². The first-order valence-electron chi connectivity index (χ1n) is 7.00. The van der Waals surface area contributed by atoms with Crippen molar-refractivity contribution in [3.05, 3.63) is 35.4 Å². The molecule has 0 spiro atoms. The van der Waals surface area contributed by atoms with Gasteiger partial charge in [0.1, 0.15) is 11.6 Å². The van der Waals surface area contributed by atoms with Crippen molar-refractivity contribution >= 4 is 0 Å². The third-order valence-electron chi connectivity index (χ3n) is 3.91. The molecule has 0 bridgehead atoms. The van der Waals surface area contributed by atoms with E-state index in [0.29, 0.717) is 11.5 Å². The van der Waals surface area contributed by atoms with E-state index < -0.39 is 11.6 Å². The molecule has 1 fully saturated rings. The average molecular weight is 268 g/mol. The molecule has 2 nitrogen and oxygen atoms in total. The molecule has 1 aromatic carbocycles. The first kappa shape index (κ1) is 14.4. The highest BCUT2D eigenvalue weighted by Gasteiger charge is 2.21. The summed E-state index contributed by atoms with van der Waals surface area (Å²) < 4.78 is 26.3. The van der Waals surface area contributed by atoms with Gasteiger partial charge in [0.25, 0.3) is 0 Å². The van der Waals surface area contributed by atoms with Gasteiger partial charge in [-0.05, 0) is 56.6 Å². The maximum absolute atomic E-state index is 13.2. The Morgan fingerprint density at radius 2 is 2.00 bits per heavy atom. The summed E-state index contributed by atoms with van der Waals surface area (Å²) in [5.74, 6) is -0.385. The smallest absolute Gasteiger partial charge is 0.126 e. The van der Waals surface area contributed by atoms with E-state index in [9.17, 15) is 8.78 Å². The van der Waals surface area contributed by atoms with Gasteiger partial charge in [-0.25, -0.2) is 8.78 Å². The van der Waals surface area contributed by atoms with Crippen LogP contribution in [0.1, 0.15) is 31.9 Å². The van der Waals surface area contributed by atoms with Crippen molar-refractivity contribution in [1.29, 1.82) is 0 Å². The second-order valence-electron chi connectivity index (χ2n) is 5.38. The van der Waals surface area contributed by atoms with Crippen LogP contribution in [0.15, 0.2) is 18.2 Å². The summed E-state index contributed by atoms with van der Waals surface area (Å²) >= 11 is 0. The van der Waals surface area contributed by atoms with Gasteiger partial charge in [-0.15, -0.1) is 0 Å². The first-order valence-corrected chi connectivity index (χ1v) is 7.00. The van der Waals surface area contributed by atoms with E-state index in [1.165, 1.54) is 18.6 Å². The molecule has 1 aromatic rings. The fourth-order valence-corrected chi connectivity index (χ4v) is 2.65. The van der Waals surface area contributed by atoms with Crippen LogP contribution in [0.4, 0.5) is 8.78 Å². The Morgan fingerprint density at radius 3 is 2.58 bits per heavy atom. The maximum Gasteiger partial charge on any atom is 0.126 e. The number of nitrogens with one attached hydrogen (secondary N) is 1. The monoisotopic (exact) mass is 268 g/mol. The molecule has 1 saturated heterocycles. The summed E-state index contributed by atoms with van der Waals surface area (Å²) in [6.45, 7) is 8.39. The number of rotatable bonds is 5. The number of halogens is 2. The van der Waals surface area contributed by atoms with Crippen LogP contribution in [-0.4, -0.2) is 31.1 Å². The number of benzene rings is 1. The van der Waals surface area contributed by atoms with Gasteiger partial charge in [0.05, 0.1) is 0 Å². The zero-order chi connectivity index (χ0) is 13.8. The summed E-state index contributed by atoms with van der Waals surface area (Å²) in [4.78, 5) is 2.43. The third kappa shape index (κ3) is 3.98. The molecule has 1 N–H and O–H groups in total. The van der Waals surface area contributed by atoms with E-state index in [-0.39, 0.29) is 6.04 Å². The van der Waals surface area contributed by atoms with Crippen LogP contribution < -0.4 is 5.32 Å². The zero-order valence-electron chi connectivity index (χ0n) is 11.6. The predicted molar refractivity (Wildman–Crippen MR) is 73.0 cm³/mol.